The lowest BCUT2D eigenvalue weighted by Crippen LogP contribution is -2.44. The van der Waals surface area contributed by atoms with E-state index >= 15 is 0 Å². The van der Waals surface area contributed by atoms with Crippen molar-refractivity contribution in [1.29, 1.82) is 0 Å². The fraction of sp³-hybridized carbons (Fsp3) is 0.882. The molecule has 0 aromatic rings. The third-order valence-electron chi connectivity index (χ3n) is 2.99. The van der Waals surface area contributed by atoms with E-state index < -0.39 is 11.8 Å². The minimum atomic E-state index is -1.32. The van der Waals surface area contributed by atoms with Gasteiger partial charge in [0.1, 0.15) is 12.8 Å². The van der Waals surface area contributed by atoms with Crippen molar-refractivity contribution in [2.45, 2.75) is 53.3 Å². The Balaban J connectivity index is 0. The van der Waals surface area contributed by atoms with E-state index in [9.17, 15) is 14.0 Å². The van der Waals surface area contributed by atoms with E-state index in [1.165, 1.54) is 6.92 Å². The summed E-state index contributed by atoms with van der Waals surface area (Å²) in [6.07, 6.45) is -1.32. The van der Waals surface area contributed by atoms with Gasteiger partial charge >= 0.3 is 0 Å². The van der Waals surface area contributed by atoms with Gasteiger partial charge in [-0.25, -0.2) is 4.39 Å². The van der Waals surface area contributed by atoms with Crippen LogP contribution in [0, 0.1) is 0 Å². The first-order valence-electron chi connectivity index (χ1n) is 8.74. The van der Waals surface area contributed by atoms with Gasteiger partial charge < -0.3 is 24.8 Å². The van der Waals surface area contributed by atoms with Crippen LogP contribution in [0.15, 0.2) is 0 Å². The molecule has 8 heteroatoms. The summed E-state index contributed by atoms with van der Waals surface area (Å²) in [5, 5.41) is 5.06. The highest BCUT2D eigenvalue weighted by molar-refractivity contribution is 5.77. The van der Waals surface area contributed by atoms with Gasteiger partial charge in [0.15, 0.2) is 0 Å². The molecule has 2 N–H and O–H groups in total. The van der Waals surface area contributed by atoms with Crippen LogP contribution in [0.2, 0.25) is 0 Å². The summed E-state index contributed by atoms with van der Waals surface area (Å²) in [7, 11) is 0. The summed E-state index contributed by atoms with van der Waals surface area (Å²) in [6.45, 7) is 12.1. The van der Waals surface area contributed by atoms with Crippen molar-refractivity contribution in [1.82, 2.24) is 10.6 Å². The van der Waals surface area contributed by atoms with Gasteiger partial charge in [-0.2, -0.15) is 0 Å². The first-order chi connectivity index (χ1) is 11.8. The average molecular weight is 366 g/mol. The molecule has 0 heterocycles. The molecule has 0 fully saturated rings. The molecule has 0 rings (SSSR count). The standard InChI is InChI=1S/C15H29FN2O5.C2H6/c1-5-21-11-14(20)17-6-7-22-8-9-23-15(3,4)13(16)10-18-12(2)19;1-2/h13H,5-11H2,1-4H3,(H,17,20)(H,18,19);1-2H3. The number of nitrogens with one attached hydrogen (secondary N) is 2. The SMILES string of the molecule is CC.CCOCC(=O)NCCOCCOC(C)(C)C(F)CNC(C)=O. The number of amides is 2. The zero-order chi connectivity index (χ0) is 19.7. The Morgan fingerprint density at radius 1 is 1.08 bits per heavy atom. The van der Waals surface area contributed by atoms with E-state index in [0.29, 0.717) is 19.8 Å². The molecule has 7 nitrogen and oxygen atoms in total. The number of hydrogen-bond donors (Lipinski definition) is 2. The number of rotatable bonds is 13. The molecule has 0 aliphatic heterocycles. The molecular formula is C17H35FN2O5. The van der Waals surface area contributed by atoms with Crippen LogP contribution < -0.4 is 10.6 Å². The number of carbonyl (C=O) groups excluding carboxylic acids is 2. The fourth-order valence-corrected chi connectivity index (χ4v) is 1.54. The maximum atomic E-state index is 13.9. The molecule has 0 aromatic heterocycles. The van der Waals surface area contributed by atoms with Crippen molar-refractivity contribution < 1.29 is 28.2 Å². The fourth-order valence-electron chi connectivity index (χ4n) is 1.54. The van der Waals surface area contributed by atoms with Gasteiger partial charge in [0.25, 0.3) is 0 Å². The Hall–Kier alpha value is -1.25. The predicted octanol–water partition coefficient (Wildman–Crippen LogP) is 1.45. The molecule has 2 amide bonds. The molecule has 0 aliphatic rings. The minimum Gasteiger partial charge on any atom is -0.377 e. The molecule has 0 aliphatic carbocycles. The van der Waals surface area contributed by atoms with Crippen molar-refractivity contribution in [2.24, 2.45) is 0 Å². The third-order valence-corrected chi connectivity index (χ3v) is 2.99. The van der Waals surface area contributed by atoms with Gasteiger partial charge in [-0.15, -0.1) is 0 Å². The Bertz CT molecular complexity index is 354. The maximum absolute atomic E-state index is 13.9. The summed E-state index contributed by atoms with van der Waals surface area (Å²) in [4.78, 5) is 22.0. The van der Waals surface area contributed by atoms with E-state index in [1.807, 2.05) is 20.8 Å². The first-order valence-corrected chi connectivity index (χ1v) is 8.74. The van der Waals surface area contributed by atoms with Crippen molar-refractivity contribution in [3.63, 3.8) is 0 Å². The molecule has 0 saturated carbocycles. The van der Waals surface area contributed by atoms with Crippen molar-refractivity contribution in [3.05, 3.63) is 0 Å². The summed E-state index contributed by atoms with van der Waals surface area (Å²) in [5.41, 5.74) is -1.02. The van der Waals surface area contributed by atoms with Crippen molar-refractivity contribution in [3.8, 4) is 0 Å². The smallest absolute Gasteiger partial charge is 0.246 e. The second kappa shape index (κ2) is 16.2. The number of hydrogen-bond acceptors (Lipinski definition) is 5. The van der Waals surface area contributed by atoms with Gasteiger partial charge in [-0.1, -0.05) is 13.8 Å². The van der Waals surface area contributed by atoms with Crippen LogP contribution in [0.1, 0.15) is 41.5 Å². The lowest BCUT2D eigenvalue weighted by molar-refractivity contribution is -0.125. The van der Waals surface area contributed by atoms with E-state index in [4.69, 9.17) is 14.2 Å². The highest BCUT2D eigenvalue weighted by Gasteiger charge is 2.30. The summed E-state index contributed by atoms with van der Waals surface area (Å²) in [6, 6.07) is 0. The first kappa shape index (κ1) is 26.0. The van der Waals surface area contributed by atoms with Gasteiger partial charge in [0.2, 0.25) is 11.8 Å². The van der Waals surface area contributed by atoms with Crippen molar-refractivity contribution in [2.75, 3.05) is 46.1 Å². The monoisotopic (exact) mass is 366 g/mol. The maximum Gasteiger partial charge on any atom is 0.246 e. The molecule has 25 heavy (non-hydrogen) atoms. The molecule has 0 spiro atoms. The van der Waals surface area contributed by atoms with Crippen LogP contribution in [0.25, 0.3) is 0 Å². The number of halogens is 1. The van der Waals surface area contributed by atoms with Gasteiger partial charge in [0, 0.05) is 20.1 Å². The van der Waals surface area contributed by atoms with Gasteiger partial charge in [-0.05, 0) is 20.8 Å². The van der Waals surface area contributed by atoms with Gasteiger partial charge in [-0.3, -0.25) is 9.59 Å². The van der Waals surface area contributed by atoms with Crippen LogP contribution in [-0.4, -0.2) is 69.7 Å². The summed E-state index contributed by atoms with van der Waals surface area (Å²) >= 11 is 0. The van der Waals surface area contributed by atoms with Crippen LogP contribution in [0.3, 0.4) is 0 Å². The minimum absolute atomic E-state index is 0.0417. The number of alkyl halides is 1. The Kier molecular flexibility index (Phi) is 16.9. The van der Waals surface area contributed by atoms with Crippen LogP contribution in [0.5, 0.6) is 0 Å². The van der Waals surface area contributed by atoms with Gasteiger partial charge in [0.05, 0.1) is 32.0 Å². The van der Waals surface area contributed by atoms with Crippen LogP contribution in [0.4, 0.5) is 4.39 Å². The number of ether oxygens (including phenoxy) is 3. The number of carbonyl (C=O) groups is 2. The normalized spacial score (nSPS) is 12.0. The third kappa shape index (κ3) is 16.0. The molecule has 0 bridgehead atoms. The lowest BCUT2D eigenvalue weighted by Gasteiger charge is -2.29. The Morgan fingerprint density at radius 3 is 2.28 bits per heavy atom. The van der Waals surface area contributed by atoms with Crippen molar-refractivity contribution >= 4 is 11.8 Å². The highest BCUT2D eigenvalue weighted by Crippen LogP contribution is 2.17. The molecule has 0 saturated heterocycles. The largest absolute Gasteiger partial charge is 0.377 e. The van der Waals surface area contributed by atoms with E-state index in [2.05, 4.69) is 10.6 Å². The molecule has 150 valence electrons. The molecule has 0 radical (unpaired) electrons. The lowest BCUT2D eigenvalue weighted by atomic mass is 10.0. The topological polar surface area (TPSA) is 85.9 Å². The summed E-state index contributed by atoms with van der Waals surface area (Å²) in [5.74, 6) is -0.468. The molecule has 0 aromatic carbocycles. The van der Waals surface area contributed by atoms with E-state index in [0.717, 1.165) is 0 Å². The zero-order valence-electron chi connectivity index (χ0n) is 16.4. The van der Waals surface area contributed by atoms with Crippen LogP contribution >= 0.6 is 0 Å². The quantitative estimate of drug-likeness (QED) is 0.482. The molecule has 1 atom stereocenters. The Labute approximate surface area is 151 Å². The second-order valence-corrected chi connectivity index (χ2v) is 5.46. The van der Waals surface area contributed by atoms with Crippen LogP contribution in [-0.2, 0) is 23.8 Å². The van der Waals surface area contributed by atoms with E-state index in [1.54, 1.807) is 13.8 Å². The summed E-state index contributed by atoms with van der Waals surface area (Å²) < 4.78 is 29.6. The highest BCUT2D eigenvalue weighted by atomic mass is 19.1. The predicted molar refractivity (Wildman–Crippen MR) is 95.3 cm³/mol. The molecular weight excluding hydrogens is 331 g/mol. The average Bonchev–Trinajstić information content (AvgIpc) is 2.58. The molecule has 1 unspecified atom stereocenters. The Morgan fingerprint density at radius 2 is 1.72 bits per heavy atom. The second-order valence-electron chi connectivity index (χ2n) is 5.46. The van der Waals surface area contributed by atoms with E-state index in [-0.39, 0.29) is 38.2 Å². The zero-order valence-corrected chi connectivity index (χ0v) is 16.4.